The van der Waals surface area contributed by atoms with Crippen LogP contribution in [0, 0.1) is 5.92 Å². The molecule has 2 rings (SSSR count). The third-order valence-electron chi connectivity index (χ3n) is 4.18. The second kappa shape index (κ2) is 8.64. The standard InChI is InChI=1S/C19H24N2O2S/c1-4-14(2)17(20-18(22)16-8-6-5-7-9-16)19(23)21(3)12-15-10-11-24-13-15/h5-11,13-14,17H,4,12H2,1-3H3,(H,20,22)/t14-,17+/m1/s1. The van der Waals surface area contributed by atoms with Crippen molar-refractivity contribution in [1.82, 2.24) is 10.2 Å². The smallest absolute Gasteiger partial charge is 0.251 e. The van der Waals surface area contributed by atoms with Crippen molar-refractivity contribution in [3.05, 3.63) is 58.3 Å². The number of likely N-dealkylation sites (N-methyl/N-ethyl adjacent to an activating group) is 1. The summed E-state index contributed by atoms with van der Waals surface area (Å²) in [7, 11) is 1.78. The third kappa shape index (κ3) is 4.68. The van der Waals surface area contributed by atoms with Gasteiger partial charge >= 0.3 is 0 Å². The van der Waals surface area contributed by atoms with Crippen LogP contribution in [-0.2, 0) is 11.3 Å². The molecule has 2 atom stereocenters. The molecule has 0 aliphatic carbocycles. The topological polar surface area (TPSA) is 49.4 Å². The van der Waals surface area contributed by atoms with Gasteiger partial charge in [-0.05, 0) is 40.4 Å². The Morgan fingerprint density at radius 2 is 1.92 bits per heavy atom. The van der Waals surface area contributed by atoms with E-state index >= 15 is 0 Å². The van der Waals surface area contributed by atoms with Crippen molar-refractivity contribution in [3.8, 4) is 0 Å². The van der Waals surface area contributed by atoms with Crippen LogP contribution in [0.25, 0.3) is 0 Å². The summed E-state index contributed by atoms with van der Waals surface area (Å²) >= 11 is 1.61. The minimum absolute atomic E-state index is 0.0557. The maximum Gasteiger partial charge on any atom is 0.251 e. The number of hydrogen-bond donors (Lipinski definition) is 1. The highest BCUT2D eigenvalue weighted by atomic mass is 32.1. The van der Waals surface area contributed by atoms with Gasteiger partial charge in [0.2, 0.25) is 5.91 Å². The summed E-state index contributed by atoms with van der Waals surface area (Å²) in [6.45, 7) is 4.57. The molecule has 2 aromatic rings. The number of amides is 2. The van der Waals surface area contributed by atoms with Crippen LogP contribution in [0.15, 0.2) is 47.2 Å². The predicted octanol–water partition coefficient (Wildman–Crippen LogP) is 3.55. The predicted molar refractivity (Wildman–Crippen MR) is 97.9 cm³/mol. The van der Waals surface area contributed by atoms with E-state index in [9.17, 15) is 9.59 Å². The zero-order valence-corrected chi connectivity index (χ0v) is 15.2. The molecule has 128 valence electrons. The fourth-order valence-electron chi connectivity index (χ4n) is 2.47. The molecule has 0 unspecified atom stereocenters. The van der Waals surface area contributed by atoms with E-state index in [1.807, 2.05) is 48.9 Å². The lowest BCUT2D eigenvalue weighted by Crippen LogP contribution is -2.50. The van der Waals surface area contributed by atoms with Crippen LogP contribution >= 0.6 is 11.3 Å². The third-order valence-corrected chi connectivity index (χ3v) is 4.91. The number of carbonyl (C=O) groups is 2. The average Bonchev–Trinajstić information content (AvgIpc) is 3.11. The molecule has 24 heavy (non-hydrogen) atoms. The van der Waals surface area contributed by atoms with Gasteiger partial charge in [-0.25, -0.2) is 0 Å². The molecular weight excluding hydrogens is 320 g/mol. The number of carbonyl (C=O) groups excluding carboxylic acids is 2. The van der Waals surface area contributed by atoms with E-state index in [4.69, 9.17) is 0 Å². The van der Waals surface area contributed by atoms with Gasteiger partial charge in [0.25, 0.3) is 5.91 Å². The highest BCUT2D eigenvalue weighted by molar-refractivity contribution is 7.07. The molecule has 5 heteroatoms. The molecule has 0 bridgehead atoms. The summed E-state index contributed by atoms with van der Waals surface area (Å²) in [4.78, 5) is 27.0. The first-order valence-corrected chi connectivity index (χ1v) is 9.09. The van der Waals surface area contributed by atoms with Crippen LogP contribution in [-0.4, -0.2) is 29.8 Å². The van der Waals surface area contributed by atoms with Crippen molar-refractivity contribution < 1.29 is 9.59 Å². The number of nitrogens with one attached hydrogen (secondary N) is 1. The maximum absolute atomic E-state index is 12.9. The van der Waals surface area contributed by atoms with Crippen molar-refractivity contribution in [3.63, 3.8) is 0 Å². The van der Waals surface area contributed by atoms with Crippen LogP contribution in [0.2, 0.25) is 0 Å². The molecule has 0 saturated heterocycles. The maximum atomic E-state index is 12.9. The molecule has 4 nitrogen and oxygen atoms in total. The molecule has 0 spiro atoms. The summed E-state index contributed by atoms with van der Waals surface area (Å²) in [6.07, 6.45) is 0.817. The second-order valence-corrected chi connectivity index (χ2v) is 6.81. The van der Waals surface area contributed by atoms with E-state index in [0.29, 0.717) is 12.1 Å². The highest BCUT2D eigenvalue weighted by Gasteiger charge is 2.28. The average molecular weight is 344 g/mol. The molecule has 0 aliphatic rings. The quantitative estimate of drug-likeness (QED) is 0.835. The van der Waals surface area contributed by atoms with Crippen LogP contribution in [0.5, 0.6) is 0 Å². The SMILES string of the molecule is CC[C@@H](C)[C@H](NC(=O)c1ccccc1)C(=O)N(C)Cc1ccsc1. The lowest BCUT2D eigenvalue weighted by molar-refractivity contribution is -0.133. The van der Waals surface area contributed by atoms with Gasteiger partial charge in [-0.15, -0.1) is 0 Å². The fraction of sp³-hybridized carbons (Fsp3) is 0.368. The number of hydrogen-bond acceptors (Lipinski definition) is 3. The summed E-state index contributed by atoms with van der Waals surface area (Å²) < 4.78 is 0. The van der Waals surface area contributed by atoms with Gasteiger partial charge in [-0.3, -0.25) is 9.59 Å². The monoisotopic (exact) mass is 344 g/mol. The Morgan fingerprint density at radius 3 is 2.50 bits per heavy atom. The van der Waals surface area contributed by atoms with Crippen LogP contribution in [0.4, 0.5) is 0 Å². The van der Waals surface area contributed by atoms with Gasteiger partial charge in [0.15, 0.2) is 0 Å². The summed E-state index contributed by atoms with van der Waals surface area (Å²) in [5.74, 6) is -0.201. The number of rotatable bonds is 7. The van der Waals surface area contributed by atoms with Gasteiger partial charge in [0.1, 0.15) is 6.04 Å². The largest absolute Gasteiger partial charge is 0.340 e. The summed E-state index contributed by atoms with van der Waals surface area (Å²) in [5, 5.41) is 6.95. The van der Waals surface area contributed by atoms with Crippen LogP contribution in [0.1, 0.15) is 36.2 Å². The van der Waals surface area contributed by atoms with Crippen molar-refractivity contribution in [2.75, 3.05) is 7.05 Å². The lowest BCUT2D eigenvalue weighted by atomic mass is 9.97. The van der Waals surface area contributed by atoms with E-state index in [1.54, 1.807) is 35.4 Å². The van der Waals surface area contributed by atoms with Crippen molar-refractivity contribution in [2.24, 2.45) is 5.92 Å². The van der Waals surface area contributed by atoms with Crippen molar-refractivity contribution >= 4 is 23.2 Å². The first kappa shape index (κ1) is 18.2. The Balaban J connectivity index is 2.09. The molecular formula is C19H24N2O2S. The minimum atomic E-state index is -0.522. The summed E-state index contributed by atoms with van der Waals surface area (Å²) in [6, 6.07) is 10.5. The van der Waals surface area contributed by atoms with E-state index in [0.717, 1.165) is 12.0 Å². The molecule has 0 aliphatic heterocycles. The van der Waals surface area contributed by atoms with Crippen LogP contribution in [0.3, 0.4) is 0 Å². The molecule has 1 aromatic heterocycles. The molecule has 1 aromatic carbocycles. The highest BCUT2D eigenvalue weighted by Crippen LogP contribution is 2.14. The number of benzene rings is 1. The molecule has 2 amide bonds. The van der Waals surface area contributed by atoms with E-state index in [1.165, 1.54) is 0 Å². The Morgan fingerprint density at radius 1 is 1.21 bits per heavy atom. The summed E-state index contributed by atoms with van der Waals surface area (Å²) in [5.41, 5.74) is 1.67. The number of nitrogens with zero attached hydrogens (tertiary/aromatic N) is 1. The van der Waals surface area contributed by atoms with Crippen molar-refractivity contribution in [1.29, 1.82) is 0 Å². The zero-order chi connectivity index (χ0) is 17.5. The van der Waals surface area contributed by atoms with Gasteiger partial charge in [0.05, 0.1) is 0 Å². The molecule has 0 fully saturated rings. The Kier molecular flexibility index (Phi) is 6.55. The van der Waals surface area contributed by atoms with Gasteiger partial charge in [-0.1, -0.05) is 38.5 Å². The molecule has 0 radical (unpaired) electrons. The van der Waals surface area contributed by atoms with Gasteiger partial charge in [-0.2, -0.15) is 11.3 Å². The first-order chi connectivity index (χ1) is 11.5. The molecule has 0 saturated carbocycles. The lowest BCUT2D eigenvalue weighted by Gasteiger charge is -2.28. The van der Waals surface area contributed by atoms with Crippen LogP contribution < -0.4 is 5.32 Å². The van der Waals surface area contributed by atoms with E-state index < -0.39 is 6.04 Å². The minimum Gasteiger partial charge on any atom is -0.340 e. The van der Waals surface area contributed by atoms with E-state index in [-0.39, 0.29) is 17.7 Å². The van der Waals surface area contributed by atoms with Gasteiger partial charge in [0, 0.05) is 19.2 Å². The Bertz CT molecular complexity index is 655. The first-order valence-electron chi connectivity index (χ1n) is 8.15. The fourth-order valence-corrected chi connectivity index (χ4v) is 3.13. The normalized spacial score (nSPS) is 13.1. The zero-order valence-electron chi connectivity index (χ0n) is 14.4. The van der Waals surface area contributed by atoms with E-state index in [2.05, 4.69) is 5.32 Å². The Labute approximate surface area is 147 Å². The second-order valence-electron chi connectivity index (χ2n) is 6.03. The molecule has 1 N–H and O–H groups in total. The van der Waals surface area contributed by atoms with Gasteiger partial charge < -0.3 is 10.2 Å². The molecule has 1 heterocycles. The van der Waals surface area contributed by atoms with Crippen molar-refractivity contribution in [2.45, 2.75) is 32.9 Å². The number of thiophene rings is 1. The Hall–Kier alpha value is -2.14.